The molecule has 3 rings (SSSR count). The van der Waals surface area contributed by atoms with E-state index in [1.807, 2.05) is 6.92 Å². The molecule has 0 aromatic heterocycles. The van der Waals surface area contributed by atoms with Crippen molar-refractivity contribution in [3.8, 4) is 11.5 Å². The Balaban J connectivity index is 2.22. The smallest absolute Gasteiger partial charge is 0.325 e. The first-order chi connectivity index (χ1) is 15.5. The molecule has 0 amide bonds. The van der Waals surface area contributed by atoms with Gasteiger partial charge in [-0.15, -0.1) is 0 Å². The van der Waals surface area contributed by atoms with Crippen LogP contribution in [0.25, 0.3) is 0 Å². The maximum absolute atomic E-state index is 13.0. The molecular weight excluding hydrogens is 414 g/mol. The van der Waals surface area contributed by atoms with E-state index in [1.165, 1.54) is 0 Å². The second-order valence-corrected chi connectivity index (χ2v) is 10.2. The number of hydrogen-bond acceptors (Lipinski definition) is 5. The fourth-order valence-electron chi connectivity index (χ4n) is 5.43. The van der Waals surface area contributed by atoms with Crippen molar-refractivity contribution in [2.24, 2.45) is 5.41 Å². The summed E-state index contributed by atoms with van der Waals surface area (Å²) in [6.45, 7) is 17.1. The van der Waals surface area contributed by atoms with Gasteiger partial charge >= 0.3 is 5.97 Å². The fraction of sp³-hybridized carbons (Fsp3) is 0.536. The number of carbonyl (C=O) groups is 1. The molecule has 0 N–H and O–H groups in total. The third-order valence-corrected chi connectivity index (χ3v) is 6.57. The quantitative estimate of drug-likeness (QED) is 0.398. The summed E-state index contributed by atoms with van der Waals surface area (Å²) in [5.74, 6) is 1.66. The molecule has 1 heterocycles. The highest BCUT2D eigenvalue weighted by Gasteiger charge is 2.61. The van der Waals surface area contributed by atoms with Crippen LogP contribution in [-0.2, 0) is 9.53 Å². The van der Waals surface area contributed by atoms with E-state index in [-0.39, 0.29) is 29.5 Å². The van der Waals surface area contributed by atoms with Crippen molar-refractivity contribution in [1.82, 2.24) is 4.90 Å². The van der Waals surface area contributed by atoms with E-state index in [0.29, 0.717) is 6.61 Å². The van der Waals surface area contributed by atoms with Crippen molar-refractivity contribution in [2.45, 2.75) is 73.5 Å². The van der Waals surface area contributed by atoms with E-state index >= 15 is 0 Å². The van der Waals surface area contributed by atoms with Crippen molar-refractivity contribution in [2.75, 3.05) is 20.8 Å². The van der Waals surface area contributed by atoms with Gasteiger partial charge in [0.1, 0.15) is 17.5 Å². The first-order valence-electron chi connectivity index (χ1n) is 11.7. The number of benzene rings is 2. The molecule has 3 atom stereocenters. The standard InChI is InChI=1S/C28H39NO4/c1-11-33-27(30)23-26(28(6,7)8)29(23)22(20-12-16(2)24(31-9)17(3)13-20)21-14-18(4)25(32-10)19(5)15-21/h12-15,22-23,26H,11H2,1-10H3/t23-,26+,29?/m1/s1. The Hall–Kier alpha value is -2.53. The lowest BCUT2D eigenvalue weighted by Crippen LogP contribution is -2.23. The maximum atomic E-state index is 13.0. The first kappa shape index (κ1) is 25.1. The van der Waals surface area contributed by atoms with Gasteiger partial charge in [0.2, 0.25) is 0 Å². The Morgan fingerprint density at radius 3 is 1.58 bits per heavy atom. The maximum Gasteiger partial charge on any atom is 0.325 e. The van der Waals surface area contributed by atoms with Gasteiger partial charge in [-0.05, 0) is 73.4 Å². The summed E-state index contributed by atoms with van der Waals surface area (Å²) in [5.41, 5.74) is 6.56. The number of aryl methyl sites for hydroxylation is 4. The van der Waals surface area contributed by atoms with Crippen LogP contribution in [0.4, 0.5) is 0 Å². The first-order valence-corrected chi connectivity index (χ1v) is 11.7. The van der Waals surface area contributed by atoms with Crippen molar-refractivity contribution in [3.63, 3.8) is 0 Å². The summed E-state index contributed by atoms with van der Waals surface area (Å²) < 4.78 is 16.7. The fourth-order valence-corrected chi connectivity index (χ4v) is 5.43. The summed E-state index contributed by atoms with van der Waals surface area (Å²) in [7, 11) is 3.42. The molecule has 2 aromatic carbocycles. The number of nitrogens with zero attached hydrogens (tertiary/aromatic N) is 1. The van der Waals surface area contributed by atoms with Crippen LogP contribution in [0.1, 0.15) is 67.1 Å². The normalized spacial score (nSPS) is 20.0. The Labute approximate surface area is 199 Å². The monoisotopic (exact) mass is 453 g/mol. The molecule has 1 unspecified atom stereocenters. The van der Waals surface area contributed by atoms with Crippen LogP contribution in [0, 0.1) is 33.1 Å². The predicted octanol–water partition coefficient (Wildman–Crippen LogP) is 5.69. The lowest BCUT2D eigenvalue weighted by Gasteiger charge is -2.27. The van der Waals surface area contributed by atoms with Gasteiger partial charge in [-0.3, -0.25) is 9.69 Å². The van der Waals surface area contributed by atoms with Gasteiger partial charge in [-0.1, -0.05) is 45.0 Å². The molecule has 180 valence electrons. The van der Waals surface area contributed by atoms with Gasteiger partial charge in [0.05, 0.1) is 26.9 Å². The molecule has 0 bridgehead atoms. The van der Waals surface area contributed by atoms with Crippen LogP contribution in [-0.4, -0.2) is 43.8 Å². The summed E-state index contributed by atoms with van der Waals surface area (Å²) in [4.78, 5) is 15.3. The highest BCUT2D eigenvalue weighted by Crippen LogP contribution is 2.51. The second-order valence-electron chi connectivity index (χ2n) is 10.2. The number of hydrogen-bond donors (Lipinski definition) is 0. The third-order valence-electron chi connectivity index (χ3n) is 6.57. The molecule has 1 fully saturated rings. The van der Waals surface area contributed by atoms with Gasteiger partial charge in [0.25, 0.3) is 0 Å². The molecule has 0 radical (unpaired) electrons. The molecule has 1 saturated heterocycles. The Kier molecular flexibility index (Phi) is 7.13. The zero-order valence-corrected chi connectivity index (χ0v) is 21.8. The number of carbonyl (C=O) groups excluding carboxylic acids is 1. The van der Waals surface area contributed by atoms with Crippen LogP contribution < -0.4 is 9.47 Å². The molecule has 0 aliphatic carbocycles. The van der Waals surface area contributed by atoms with Crippen molar-refractivity contribution in [3.05, 3.63) is 57.6 Å². The molecule has 1 aliphatic rings. The topological polar surface area (TPSA) is 47.8 Å². The summed E-state index contributed by atoms with van der Waals surface area (Å²) in [5, 5.41) is 0. The largest absolute Gasteiger partial charge is 0.496 e. The van der Waals surface area contributed by atoms with Crippen LogP contribution in [0.3, 0.4) is 0 Å². The van der Waals surface area contributed by atoms with Crippen LogP contribution >= 0.6 is 0 Å². The SMILES string of the molecule is CCOC(=O)[C@H]1[C@@H](C(C)(C)C)N1C(c1cc(C)c(OC)c(C)c1)c1cc(C)c(OC)c(C)c1. The molecule has 33 heavy (non-hydrogen) atoms. The number of esters is 1. The highest BCUT2D eigenvalue weighted by molar-refractivity contribution is 5.81. The number of rotatable bonds is 7. The second kappa shape index (κ2) is 9.38. The molecular formula is C28H39NO4. The lowest BCUT2D eigenvalue weighted by molar-refractivity contribution is -0.143. The Morgan fingerprint density at radius 1 is 0.879 bits per heavy atom. The van der Waals surface area contributed by atoms with E-state index < -0.39 is 0 Å². The number of methoxy groups -OCH3 is 2. The average Bonchev–Trinajstić information content (AvgIpc) is 3.44. The van der Waals surface area contributed by atoms with Crippen molar-refractivity contribution < 1.29 is 19.0 Å². The van der Waals surface area contributed by atoms with E-state index in [2.05, 4.69) is 77.6 Å². The van der Waals surface area contributed by atoms with Gasteiger partial charge in [0.15, 0.2) is 0 Å². The van der Waals surface area contributed by atoms with E-state index in [4.69, 9.17) is 14.2 Å². The molecule has 1 aliphatic heterocycles. The summed E-state index contributed by atoms with van der Waals surface area (Å²) >= 11 is 0. The predicted molar refractivity (Wildman–Crippen MR) is 132 cm³/mol. The van der Waals surface area contributed by atoms with E-state index in [9.17, 15) is 4.79 Å². The molecule has 0 saturated carbocycles. The molecule has 5 nitrogen and oxygen atoms in total. The minimum absolute atomic E-state index is 0.0759. The minimum Gasteiger partial charge on any atom is -0.496 e. The highest BCUT2D eigenvalue weighted by atomic mass is 16.5. The Morgan fingerprint density at radius 2 is 1.27 bits per heavy atom. The molecule has 0 spiro atoms. The number of ether oxygens (including phenoxy) is 3. The van der Waals surface area contributed by atoms with Crippen molar-refractivity contribution in [1.29, 1.82) is 0 Å². The van der Waals surface area contributed by atoms with Crippen molar-refractivity contribution >= 4 is 5.97 Å². The third kappa shape index (κ3) is 4.74. The summed E-state index contributed by atoms with van der Waals surface area (Å²) in [6, 6.07) is 8.46. The van der Waals surface area contributed by atoms with E-state index in [0.717, 1.165) is 44.9 Å². The van der Waals surface area contributed by atoms with Gasteiger partial charge in [0, 0.05) is 6.04 Å². The van der Waals surface area contributed by atoms with E-state index in [1.54, 1.807) is 14.2 Å². The average molecular weight is 454 g/mol. The molecule has 2 aromatic rings. The lowest BCUT2D eigenvalue weighted by atomic mass is 9.89. The van der Waals surface area contributed by atoms with Gasteiger partial charge < -0.3 is 14.2 Å². The summed E-state index contributed by atoms with van der Waals surface area (Å²) in [6.07, 6.45) is 0. The molecule has 5 heteroatoms. The van der Waals surface area contributed by atoms with Gasteiger partial charge in [-0.25, -0.2) is 0 Å². The van der Waals surface area contributed by atoms with Gasteiger partial charge in [-0.2, -0.15) is 0 Å². The Bertz CT molecular complexity index is 931. The van der Waals surface area contributed by atoms with Crippen LogP contribution in [0.15, 0.2) is 24.3 Å². The minimum atomic E-state index is -0.277. The zero-order chi connectivity index (χ0) is 24.7. The van der Waals surface area contributed by atoms with Crippen LogP contribution in [0.2, 0.25) is 0 Å². The van der Waals surface area contributed by atoms with Crippen LogP contribution in [0.5, 0.6) is 11.5 Å². The zero-order valence-electron chi connectivity index (χ0n) is 21.8.